The van der Waals surface area contributed by atoms with Crippen molar-refractivity contribution in [3.63, 3.8) is 0 Å². The van der Waals surface area contributed by atoms with Crippen LogP contribution in [0.4, 0.5) is 4.39 Å². The predicted octanol–water partition coefficient (Wildman–Crippen LogP) is 1.60. The smallest absolute Gasteiger partial charge is 0.138 e. The van der Waals surface area contributed by atoms with Gasteiger partial charge >= 0.3 is 0 Å². The van der Waals surface area contributed by atoms with E-state index in [0.29, 0.717) is 24.2 Å². The van der Waals surface area contributed by atoms with Gasteiger partial charge in [0.2, 0.25) is 0 Å². The zero-order valence-electron chi connectivity index (χ0n) is 11.3. The molecule has 5 heteroatoms. The molecule has 2 atom stereocenters. The van der Waals surface area contributed by atoms with Crippen LogP contribution in [0.15, 0.2) is 18.2 Å². The van der Waals surface area contributed by atoms with Gasteiger partial charge in [0.15, 0.2) is 0 Å². The molecule has 0 spiro atoms. The lowest BCUT2D eigenvalue weighted by molar-refractivity contribution is 0.0305. The summed E-state index contributed by atoms with van der Waals surface area (Å²) in [6, 6.07) is 5.74. The van der Waals surface area contributed by atoms with Crippen LogP contribution in [-0.4, -0.2) is 34.0 Å². The first-order valence-corrected chi connectivity index (χ1v) is 7.12. The lowest BCUT2D eigenvalue weighted by Crippen LogP contribution is -2.44. The van der Waals surface area contributed by atoms with Crippen LogP contribution in [0, 0.1) is 11.2 Å². The third-order valence-electron chi connectivity index (χ3n) is 4.58. The molecule has 20 heavy (non-hydrogen) atoms. The molecule has 0 aromatic heterocycles. The van der Waals surface area contributed by atoms with E-state index in [0.717, 1.165) is 25.7 Å². The minimum atomic E-state index is -0.384. The van der Waals surface area contributed by atoms with Crippen LogP contribution in [0.2, 0.25) is 0 Å². The molecule has 4 N–H and O–H groups in total. The third-order valence-corrected chi connectivity index (χ3v) is 4.58. The number of benzene rings is 1. The van der Waals surface area contributed by atoms with Crippen molar-refractivity contribution < 1.29 is 9.50 Å². The van der Waals surface area contributed by atoms with Gasteiger partial charge in [-0.15, -0.1) is 0 Å². The number of nitrogens with two attached hydrogens (primary N) is 1. The Bertz CT molecular complexity index is 520. The van der Waals surface area contributed by atoms with E-state index >= 15 is 0 Å². The highest BCUT2D eigenvalue weighted by molar-refractivity contribution is 5.95. The van der Waals surface area contributed by atoms with E-state index in [4.69, 9.17) is 11.1 Å². The van der Waals surface area contributed by atoms with Gasteiger partial charge in [-0.2, -0.15) is 0 Å². The van der Waals surface area contributed by atoms with Crippen LogP contribution in [0.5, 0.6) is 0 Å². The fourth-order valence-electron chi connectivity index (χ4n) is 3.61. The molecule has 0 amide bonds. The number of hydrogen-bond donors (Lipinski definition) is 3. The molecule has 0 saturated carbocycles. The number of rotatable bonds is 3. The highest BCUT2D eigenvalue weighted by Crippen LogP contribution is 2.37. The monoisotopic (exact) mass is 277 g/mol. The van der Waals surface area contributed by atoms with Crippen LogP contribution in [0.3, 0.4) is 0 Å². The third kappa shape index (κ3) is 2.31. The number of amidine groups is 1. The van der Waals surface area contributed by atoms with E-state index in [1.807, 2.05) is 0 Å². The van der Waals surface area contributed by atoms with E-state index in [9.17, 15) is 9.50 Å². The quantitative estimate of drug-likeness (QED) is 0.580. The number of halogens is 1. The Balaban J connectivity index is 1.82. The van der Waals surface area contributed by atoms with Gasteiger partial charge in [0.1, 0.15) is 11.7 Å². The van der Waals surface area contributed by atoms with E-state index in [2.05, 4.69) is 4.90 Å². The van der Waals surface area contributed by atoms with Crippen molar-refractivity contribution in [2.24, 2.45) is 5.73 Å². The maximum absolute atomic E-state index is 14.3. The van der Waals surface area contributed by atoms with Gasteiger partial charge in [-0.3, -0.25) is 10.3 Å². The Labute approximate surface area is 117 Å². The molecule has 0 aliphatic carbocycles. The second kappa shape index (κ2) is 5.14. The van der Waals surface area contributed by atoms with Crippen molar-refractivity contribution >= 4 is 5.84 Å². The van der Waals surface area contributed by atoms with Gasteiger partial charge in [0, 0.05) is 24.2 Å². The zero-order chi connectivity index (χ0) is 14.3. The number of nitrogens with zero attached hydrogens (tertiary/aromatic N) is 1. The van der Waals surface area contributed by atoms with Crippen molar-refractivity contribution in [3.8, 4) is 0 Å². The summed E-state index contributed by atoms with van der Waals surface area (Å²) in [6.45, 7) is 0.537. The van der Waals surface area contributed by atoms with Gasteiger partial charge in [-0.1, -0.05) is 12.1 Å². The summed E-state index contributed by atoms with van der Waals surface area (Å²) >= 11 is 0. The molecule has 0 radical (unpaired) electrons. The fraction of sp³-hybridized carbons (Fsp3) is 0.533. The van der Waals surface area contributed by atoms with Gasteiger partial charge in [0.25, 0.3) is 0 Å². The number of nitrogens with one attached hydrogen (secondary N) is 1. The number of nitrogen functional groups attached to an aromatic ring is 1. The van der Waals surface area contributed by atoms with Gasteiger partial charge in [0.05, 0.1) is 11.7 Å². The topological polar surface area (TPSA) is 73.3 Å². The molecular formula is C15H20FN3O. The summed E-state index contributed by atoms with van der Waals surface area (Å²) in [5, 5.41) is 17.2. The lowest BCUT2D eigenvalue weighted by Gasteiger charge is -2.37. The maximum Gasteiger partial charge on any atom is 0.138 e. The second-order valence-electron chi connectivity index (χ2n) is 5.87. The summed E-state index contributed by atoms with van der Waals surface area (Å²) < 4.78 is 14.3. The van der Waals surface area contributed by atoms with Crippen LogP contribution in [-0.2, 0) is 6.54 Å². The standard InChI is InChI=1S/C15H20FN3O/c16-14-9(2-1-3-13(14)15(17)18)8-19-10-4-5-11(19)7-12(20)6-10/h1-3,10-12,20H,4-8H2,(H3,17,18). The molecule has 2 bridgehead atoms. The molecule has 1 aromatic carbocycles. The largest absolute Gasteiger partial charge is 0.393 e. The Morgan fingerprint density at radius 2 is 2.00 bits per heavy atom. The molecule has 2 aliphatic rings. The summed E-state index contributed by atoms with van der Waals surface area (Å²) in [4.78, 5) is 2.30. The average molecular weight is 277 g/mol. The molecule has 4 nitrogen and oxygen atoms in total. The van der Waals surface area contributed by atoms with Crippen LogP contribution < -0.4 is 5.73 Å². The van der Waals surface area contributed by atoms with Crippen molar-refractivity contribution in [2.45, 2.75) is 50.4 Å². The van der Waals surface area contributed by atoms with Gasteiger partial charge in [-0.05, 0) is 31.7 Å². The highest BCUT2D eigenvalue weighted by Gasteiger charge is 2.40. The average Bonchev–Trinajstić information content (AvgIpc) is 2.64. The molecule has 3 rings (SSSR count). The van der Waals surface area contributed by atoms with E-state index < -0.39 is 0 Å². The normalized spacial score (nSPS) is 29.6. The number of fused-ring (bicyclic) bond motifs is 2. The Morgan fingerprint density at radius 1 is 1.35 bits per heavy atom. The molecule has 2 heterocycles. The van der Waals surface area contributed by atoms with Crippen LogP contribution in [0.25, 0.3) is 0 Å². The van der Waals surface area contributed by atoms with Gasteiger partial charge < -0.3 is 10.8 Å². The Hall–Kier alpha value is -1.46. The number of hydrogen-bond acceptors (Lipinski definition) is 3. The predicted molar refractivity (Wildman–Crippen MR) is 75.0 cm³/mol. The molecule has 2 saturated heterocycles. The van der Waals surface area contributed by atoms with Gasteiger partial charge in [-0.25, -0.2) is 4.39 Å². The molecule has 2 unspecified atom stereocenters. The fourth-order valence-corrected chi connectivity index (χ4v) is 3.61. The van der Waals surface area contributed by atoms with Crippen molar-refractivity contribution in [2.75, 3.05) is 0 Å². The lowest BCUT2D eigenvalue weighted by atomic mass is 9.98. The summed E-state index contributed by atoms with van der Waals surface area (Å²) in [5.41, 5.74) is 6.16. The molecular weight excluding hydrogens is 257 g/mol. The number of aliphatic hydroxyl groups is 1. The van der Waals surface area contributed by atoms with Crippen molar-refractivity contribution in [3.05, 3.63) is 35.1 Å². The van der Waals surface area contributed by atoms with Crippen LogP contribution >= 0.6 is 0 Å². The second-order valence-corrected chi connectivity index (χ2v) is 5.87. The first-order valence-electron chi connectivity index (χ1n) is 7.12. The number of piperidine rings is 1. The Morgan fingerprint density at radius 3 is 2.60 bits per heavy atom. The molecule has 108 valence electrons. The van der Waals surface area contributed by atoms with Crippen molar-refractivity contribution in [1.82, 2.24) is 4.90 Å². The maximum atomic E-state index is 14.3. The summed E-state index contributed by atoms with van der Waals surface area (Å²) in [5.74, 6) is -0.619. The zero-order valence-corrected chi connectivity index (χ0v) is 11.3. The number of aliphatic hydroxyl groups excluding tert-OH is 1. The van der Waals surface area contributed by atoms with E-state index in [1.54, 1.807) is 12.1 Å². The first-order chi connectivity index (χ1) is 9.56. The van der Waals surface area contributed by atoms with Crippen molar-refractivity contribution in [1.29, 1.82) is 5.41 Å². The summed E-state index contributed by atoms with van der Waals surface area (Å²) in [7, 11) is 0. The molecule has 2 fully saturated rings. The molecule has 1 aromatic rings. The Kier molecular flexibility index (Phi) is 3.48. The molecule has 2 aliphatic heterocycles. The van der Waals surface area contributed by atoms with E-state index in [1.165, 1.54) is 6.07 Å². The summed E-state index contributed by atoms with van der Waals surface area (Å²) in [6.07, 6.45) is 3.51. The minimum Gasteiger partial charge on any atom is -0.393 e. The van der Waals surface area contributed by atoms with Crippen LogP contribution in [0.1, 0.15) is 36.8 Å². The minimum absolute atomic E-state index is 0.173. The first kappa shape index (κ1) is 13.5. The highest BCUT2D eigenvalue weighted by atomic mass is 19.1. The SMILES string of the molecule is N=C(N)c1cccc(CN2C3CCC2CC(O)C3)c1F. The van der Waals surface area contributed by atoms with E-state index in [-0.39, 0.29) is 23.3 Å².